The molecule has 1 heterocycles. The van der Waals surface area contributed by atoms with Crippen molar-refractivity contribution in [2.45, 2.75) is 5.03 Å². The van der Waals surface area contributed by atoms with Gasteiger partial charge in [0, 0.05) is 19.3 Å². The molecule has 0 amide bonds. The smallest absolute Gasteiger partial charge is 0.281 e. The van der Waals surface area contributed by atoms with E-state index in [9.17, 15) is 8.42 Å². The van der Waals surface area contributed by atoms with Crippen molar-refractivity contribution in [1.29, 1.82) is 0 Å². The molecular weight excluding hydrogens is 268 g/mol. The van der Waals surface area contributed by atoms with Gasteiger partial charge >= 0.3 is 0 Å². The summed E-state index contributed by atoms with van der Waals surface area (Å²) in [4.78, 5) is 3.80. The van der Waals surface area contributed by atoms with Crippen LogP contribution in [0.5, 0.6) is 5.75 Å². The lowest BCUT2D eigenvalue weighted by atomic mass is 10.2. The second-order valence-electron chi connectivity index (χ2n) is 3.94. The highest BCUT2D eigenvalue weighted by atomic mass is 32.2. The summed E-state index contributed by atoms with van der Waals surface area (Å²) in [5, 5.41) is -0.0720. The number of methoxy groups -OCH3 is 1. The minimum absolute atomic E-state index is 0.0720. The Morgan fingerprint density at radius 1 is 1.42 bits per heavy atom. The van der Waals surface area contributed by atoms with E-state index >= 15 is 0 Å². The van der Waals surface area contributed by atoms with Gasteiger partial charge in [-0.3, -0.25) is 4.72 Å². The number of aromatic nitrogens is 2. The first-order valence-electron chi connectivity index (χ1n) is 5.36. The average Bonchev–Trinajstić information content (AvgIpc) is 2.79. The third-order valence-corrected chi connectivity index (χ3v) is 3.71. The largest absolute Gasteiger partial charge is 0.497 e. The van der Waals surface area contributed by atoms with Crippen molar-refractivity contribution < 1.29 is 13.2 Å². The van der Waals surface area contributed by atoms with E-state index in [0.29, 0.717) is 11.4 Å². The summed E-state index contributed by atoms with van der Waals surface area (Å²) in [7, 11) is -0.582. The molecule has 0 unspecified atom stereocenters. The van der Waals surface area contributed by atoms with Gasteiger partial charge in [-0.05, 0) is 12.1 Å². The summed E-state index contributed by atoms with van der Waals surface area (Å²) in [6, 6.07) is 4.72. The molecule has 0 bridgehead atoms. The molecule has 1 aromatic heterocycles. The Hall–Kier alpha value is -2.22. The Bertz CT molecular complexity index is 694. The fourth-order valence-corrected chi connectivity index (χ4v) is 2.54. The lowest BCUT2D eigenvalue weighted by Gasteiger charge is -2.10. The number of hydrogen-bond acceptors (Lipinski definition) is 5. The molecule has 0 saturated carbocycles. The third-order valence-electron chi connectivity index (χ3n) is 2.46. The summed E-state index contributed by atoms with van der Waals surface area (Å²) < 4.78 is 33.1. The minimum Gasteiger partial charge on any atom is -0.497 e. The van der Waals surface area contributed by atoms with Crippen LogP contribution in [0.2, 0.25) is 0 Å². The molecule has 102 valence electrons. The number of ether oxygens (including phenoxy) is 1. The van der Waals surface area contributed by atoms with Gasteiger partial charge in [0.2, 0.25) is 0 Å². The van der Waals surface area contributed by atoms with Gasteiger partial charge in [-0.25, -0.2) is 4.98 Å². The van der Waals surface area contributed by atoms with Crippen molar-refractivity contribution in [2.24, 2.45) is 7.05 Å². The van der Waals surface area contributed by atoms with Crippen LogP contribution in [-0.2, 0) is 17.1 Å². The first-order valence-corrected chi connectivity index (χ1v) is 6.85. The van der Waals surface area contributed by atoms with Crippen LogP contribution in [0.15, 0.2) is 35.7 Å². The Kier molecular flexibility index (Phi) is 3.34. The highest BCUT2D eigenvalue weighted by molar-refractivity contribution is 7.92. The van der Waals surface area contributed by atoms with E-state index in [1.54, 1.807) is 23.7 Å². The molecule has 0 fully saturated rings. The van der Waals surface area contributed by atoms with Crippen LogP contribution in [0, 0.1) is 0 Å². The SMILES string of the molecule is COc1ccc(N)c(NS(=O)(=O)c2cn(C)cn2)c1. The van der Waals surface area contributed by atoms with E-state index in [4.69, 9.17) is 10.5 Å². The van der Waals surface area contributed by atoms with Crippen LogP contribution < -0.4 is 15.2 Å². The minimum atomic E-state index is -3.76. The summed E-state index contributed by atoms with van der Waals surface area (Å²) in [5.74, 6) is 0.507. The summed E-state index contributed by atoms with van der Waals surface area (Å²) in [6.45, 7) is 0. The fraction of sp³-hybridized carbons (Fsp3) is 0.182. The molecule has 8 heteroatoms. The number of nitrogens with zero attached hydrogens (tertiary/aromatic N) is 2. The van der Waals surface area contributed by atoms with Gasteiger partial charge in [0.1, 0.15) is 5.75 Å². The maximum atomic E-state index is 12.1. The maximum Gasteiger partial charge on any atom is 0.281 e. The predicted octanol–water partition coefficient (Wildman–Crippen LogP) is 0.812. The van der Waals surface area contributed by atoms with Crippen LogP contribution >= 0.6 is 0 Å². The molecule has 0 radical (unpaired) electrons. The van der Waals surface area contributed by atoms with Gasteiger partial charge in [0.05, 0.1) is 24.8 Å². The molecule has 0 saturated heterocycles. The number of rotatable bonds is 4. The van der Waals surface area contributed by atoms with Crippen LogP contribution in [0.25, 0.3) is 0 Å². The average molecular weight is 282 g/mol. The quantitative estimate of drug-likeness (QED) is 0.808. The number of hydrogen-bond donors (Lipinski definition) is 2. The second kappa shape index (κ2) is 4.81. The third kappa shape index (κ3) is 2.79. The fourth-order valence-electron chi connectivity index (χ4n) is 1.48. The Morgan fingerprint density at radius 3 is 2.74 bits per heavy atom. The van der Waals surface area contributed by atoms with E-state index in [-0.39, 0.29) is 10.7 Å². The highest BCUT2D eigenvalue weighted by Gasteiger charge is 2.18. The van der Waals surface area contributed by atoms with Crippen molar-refractivity contribution in [1.82, 2.24) is 9.55 Å². The Balaban J connectivity index is 2.35. The van der Waals surface area contributed by atoms with Gasteiger partial charge in [-0.1, -0.05) is 0 Å². The standard InChI is InChI=1S/C11H14N4O3S/c1-15-6-11(13-7-15)19(16,17)14-10-5-8(18-2)3-4-9(10)12/h3-7,14H,12H2,1-2H3. The van der Waals surface area contributed by atoms with Gasteiger partial charge in [0.15, 0.2) is 5.03 Å². The number of nitrogens with two attached hydrogens (primary N) is 1. The zero-order chi connectivity index (χ0) is 14.0. The van der Waals surface area contributed by atoms with Crippen LogP contribution in [0.4, 0.5) is 11.4 Å². The van der Waals surface area contributed by atoms with Gasteiger partial charge < -0.3 is 15.0 Å². The molecule has 0 aliphatic carbocycles. The molecule has 0 aliphatic rings. The molecule has 0 aliphatic heterocycles. The van der Waals surface area contributed by atoms with Crippen molar-refractivity contribution in [3.63, 3.8) is 0 Å². The molecule has 1 aromatic carbocycles. The number of imidazole rings is 1. The van der Waals surface area contributed by atoms with Crippen LogP contribution in [0.3, 0.4) is 0 Å². The lowest BCUT2D eigenvalue weighted by molar-refractivity contribution is 0.415. The predicted molar refractivity (Wildman–Crippen MR) is 71.4 cm³/mol. The number of nitrogens with one attached hydrogen (secondary N) is 1. The lowest BCUT2D eigenvalue weighted by Crippen LogP contribution is -2.14. The molecular formula is C11H14N4O3S. The van der Waals surface area contributed by atoms with E-state index in [2.05, 4.69) is 9.71 Å². The van der Waals surface area contributed by atoms with E-state index < -0.39 is 10.0 Å². The Morgan fingerprint density at radius 2 is 2.16 bits per heavy atom. The normalized spacial score (nSPS) is 11.3. The van der Waals surface area contributed by atoms with Gasteiger partial charge in [-0.15, -0.1) is 0 Å². The molecule has 2 aromatic rings. The molecule has 19 heavy (non-hydrogen) atoms. The number of benzene rings is 1. The zero-order valence-electron chi connectivity index (χ0n) is 10.5. The van der Waals surface area contributed by atoms with Crippen molar-refractivity contribution in [2.75, 3.05) is 17.6 Å². The molecule has 7 nitrogen and oxygen atoms in total. The molecule has 0 spiro atoms. The van der Waals surface area contributed by atoms with E-state index in [0.717, 1.165) is 0 Å². The summed E-state index contributed by atoms with van der Waals surface area (Å²) in [5.41, 5.74) is 6.29. The molecule has 2 rings (SSSR count). The van der Waals surface area contributed by atoms with Crippen LogP contribution in [-0.4, -0.2) is 25.1 Å². The number of sulfonamides is 1. The molecule has 3 N–H and O–H groups in total. The van der Waals surface area contributed by atoms with Gasteiger partial charge in [-0.2, -0.15) is 8.42 Å². The van der Waals surface area contributed by atoms with Crippen molar-refractivity contribution in [3.05, 3.63) is 30.7 Å². The first-order chi connectivity index (χ1) is 8.92. The summed E-state index contributed by atoms with van der Waals surface area (Å²) in [6.07, 6.45) is 2.81. The number of anilines is 2. The maximum absolute atomic E-state index is 12.1. The van der Waals surface area contributed by atoms with Crippen molar-refractivity contribution >= 4 is 21.4 Å². The Labute approximate surface area is 111 Å². The number of aryl methyl sites for hydroxylation is 1. The monoisotopic (exact) mass is 282 g/mol. The van der Waals surface area contributed by atoms with Crippen LogP contribution in [0.1, 0.15) is 0 Å². The van der Waals surface area contributed by atoms with E-state index in [1.165, 1.54) is 25.7 Å². The highest BCUT2D eigenvalue weighted by Crippen LogP contribution is 2.26. The second-order valence-corrected chi connectivity index (χ2v) is 5.57. The van der Waals surface area contributed by atoms with E-state index in [1.807, 2.05) is 0 Å². The van der Waals surface area contributed by atoms with Gasteiger partial charge in [0.25, 0.3) is 10.0 Å². The number of nitrogen functional groups attached to an aromatic ring is 1. The van der Waals surface area contributed by atoms with Crippen molar-refractivity contribution in [3.8, 4) is 5.75 Å². The first kappa shape index (κ1) is 13.2. The summed E-state index contributed by atoms with van der Waals surface area (Å²) >= 11 is 0. The topological polar surface area (TPSA) is 99.2 Å². The molecule has 0 atom stereocenters. The zero-order valence-corrected chi connectivity index (χ0v) is 11.3.